The van der Waals surface area contributed by atoms with Crippen molar-refractivity contribution in [3.05, 3.63) is 107 Å². The first-order valence-electron chi connectivity index (χ1n) is 9.34. The van der Waals surface area contributed by atoms with Crippen molar-refractivity contribution in [2.75, 3.05) is 4.90 Å². The lowest BCUT2D eigenvalue weighted by molar-refractivity contribution is -0.132. The number of carbonyl (C=O) groups excluding carboxylic acids is 2. The van der Waals surface area contributed by atoms with Crippen LogP contribution in [0.25, 0.3) is 5.76 Å². The molecule has 1 atom stereocenters. The highest BCUT2D eigenvalue weighted by molar-refractivity contribution is 6.51. The van der Waals surface area contributed by atoms with Gasteiger partial charge < -0.3 is 10.2 Å². The van der Waals surface area contributed by atoms with E-state index in [0.717, 1.165) is 4.90 Å². The van der Waals surface area contributed by atoms with Crippen LogP contribution in [-0.2, 0) is 9.59 Å². The molecule has 154 valence electrons. The van der Waals surface area contributed by atoms with Crippen LogP contribution < -0.4 is 4.90 Å². The van der Waals surface area contributed by atoms with Gasteiger partial charge in [-0.2, -0.15) is 0 Å². The number of nitrogens with zero attached hydrogens (tertiary/aromatic N) is 1. The van der Waals surface area contributed by atoms with Gasteiger partial charge in [-0.25, -0.2) is 9.18 Å². The highest BCUT2D eigenvalue weighted by atomic mass is 19.1. The molecule has 1 heterocycles. The standard InChI is InChI=1S/C24H16FNO5/c25-18-12-5-4-11-17(18)20-19(21(27)14-7-2-1-3-8-14)22(28)23(29)26(20)16-10-6-9-15(13-16)24(30)31/h1-13,20,27H,(H,30,31). The SMILES string of the molecule is O=C1C(=O)N(c2cccc(C(=O)O)c2)C(c2ccccc2F)C1=C(O)c1ccccc1. The Bertz CT molecular complexity index is 1240. The van der Waals surface area contributed by atoms with Crippen LogP contribution in [0.15, 0.2) is 84.4 Å². The minimum absolute atomic E-state index is 0.0000841. The summed E-state index contributed by atoms with van der Waals surface area (Å²) in [5.74, 6) is -4.31. The van der Waals surface area contributed by atoms with E-state index >= 15 is 0 Å². The van der Waals surface area contributed by atoms with Gasteiger partial charge in [-0.15, -0.1) is 0 Å². The van der Waals surface area contributed by atoms with Crippen LogP contribution in [0.4, 0.5) is 10.1 Å². The maximum absolute atomic E-state index is 14.8. The molecular formula is C24H16FNO5. The zero-order chi connectivity index (χ0) is 22.1. The van der Waals surface area contributed by atoms with E-state index in [1.807, 2.05) is 0 Å². The molecule has 1 fully saturated rings. The van der Waals surface area contributed by atoms with Crippen molar-refractivity contribution in [2.24, 2.45) is 0 Å². The first kappa shape index (κ1) is 20.0. The number of benzene rings is 3. The molecule has 7 heteroatoms. The second-order valence-electron chi connectivity index (χ2n) is 6.91. The third-order valence-electron chi connectivity index (χ3n) is 5.06. The largest absolute Gasteiger partial charge is 0.507 e. The Morgan fingerprint density at radius 3 is 2.16 bits per heavy atom. The summed E-state index contributed by atoms with van der Waals surface area (Å²) in [6.07, 6.45) is 0. The predicted octanol–water partition coefficient (Wildman–Crippen LogP) is 4.15. The van der Waals surface area contributed by atoms with Gasteiger partial charge in [0, 0.05) is 16.8 Å². The van der Waals surface area contributed by atoms with Gasteiger partial charge in [0.15, 0.2) is 0 Å². The maximum Gasteiger partial charge on any atom is 0.335 e. The molecule has 6 nitrogen and oxygen atoms in total. The van der Waals surface area contributed by atoms with Crippen LogP contribution in [0.1, 0.15) is 27.5 Å². The maximum atomic E-state index is 14.8. The summed E-state index contributed by atoms with van der Waals surface area (Å²) in [5.41, 5.74) is 0.0140. The van der Waals surface area contributed by atoms with Crippen LogP contribution >= 0.6 is 0 Å². The van der Waals surface area contributed by atoms with Crippen LogP contribution in [0.3, 0.4) is 0 Å². The first-order valence-corrected chi connectivity index (χ1v) is 9.34. The number of ketones is 1. The Balaban J connectivity index is 1.98. The number of anilines is 1. The van der Waals surface area contributed by atoms with E-state index in [9.17, 15) is 29.0 Å². The quantitative estimate of drug-likeness (QED) is 0.378. The predicted molar refractivity (Wildman–Crippen MR) is 111 cm³/mol. The summed E-state index contributed by atoms with van der Waals surface area (Å²) in [5, 5.41) is 20.2. The molecule has 0 aliphatic carbocycles. The number of aliphatic hydroxyl groups is 1. The Hall–Kier alpha value is -4.26. The molecule has 3 aromatic carbocycles. The summed E-state index contributed by atoms with van der Waals surface area (Å²) >= 11 is 0. The number of hydrogen-bond donors (Lipinski definition) is 2. The summed E-state index contributed by atoms with van der Waals surface area (Å²) in [7, 11) is 0. The lowest BCUT2D eigenvalue weighted by Crippen LogP contribution is -2.30. The highest BCUT2D eigenvalue weighted by Gasteiger charge is 2.47. The van der Waals surface area contributed by atoms with E-state index in [0.29, 0.717) is 5.56 Å². The minimum atomic E-state index is -1.27. The van der Waals surface area contributed by atoms with Gasteiger partial charge in [-0.1, -0.05) is 54.6 Å². The number of rotatable bonds is 4. The summed E-state index contributed by atoms with van der Waals surface area (Å²) in [6.45, 7) is 0. The Labute approximate surface area is 176 Å². The van der Waals surface area contributed by atoms with Crippen LogP contribution in [-0.4, -0.2) is 27.9 Å². The smallest absolute Gasteiger partial charge is 0.335 e. The fourth-order valence-electron chi connectivity index (χ4n) is 3.63. The second kappa shape index (κ2) is 7.87. The zero-order valence-corrected chi connectivity index (χ0v) is 16.0. The average molecular weight is 417 g/mol. The summed E-state index contributed by atoms with van der Waals surface area (Å²) in [4.78, 5) is 38.4. The van der Waals surface area contributed by atoms with Crippen molar-refractivity contribution in [1.82, 2.24) is 0 Å². The van der Waals surface area contributed by atoms with Crippen molar-refractivity contribution < 1.29 is 29.0 Å². The van der Waals surface area contributed by atoms with E-state index in [1.165, 1.54) is 42.5 Å². The molecule has 31 heavy (non-hydrogen) atoms. The number of hydrogen-bond acceptors (Lipinski definition) is 4. The Morgan fingerprint density at radius 1 is 0.839 bits per heavy atom. The molecule has 3 aromatic rings. The van der Waals surface area contributed by atoms with Crippen molar-refractivity contribution in [2.45, 2.75) is 6.04 Å². The lowest BCUT2D eigenvalue weighted by atomic mass is 9.94. The van der Waals surface area contributed by atoms with Crippen LogP contribution in [0.5, 0.6) is 0 Å². The highest BCUT2D eigenvalue weighted by Crippen LogP contribution is 2.43. The number of amides is 1. The topological polar surface area (TPSA) is 94.9 Å². The van der Waals surface area contributed by atoms with Gasteiger partial charge >= 0.3 is 5.97 Å². The molecular weight excluding hydrogens is 401 g/mol. The fourth-order valence-corrected chi connectivity index (χ4v) is 3.63. The van der Waals surface area contributed by atoms with Crippen molar-refractivity contribution in [1.29, 1.82) is 0 Å². The minimum Gasteiger partial charge on any atom is -0.507 e. The molecule has 0 saturated carbocycles. The van der Waals surface area contributed by atoms with Crippen molar-refractivity contribution >= 4 is 29.1 Å². The Morgan fingerprint density at radius 2 is 1.48 bits per heavy atom. The van der Waals surface area contributed by atoms with E-state index in [1.54, 1.807) is 36.4 Å². The van der Waals surface area contributed by atoms with Gasteiger partial charge in [-0.05, 0) is 24.3 Å². The summed E-state index contributed by atoms with van der Waals surface area (Å²) in [6, 6.07) is 17.9. The van der Waals surface area contributed by atoms with Gasteiger partial charge in [0.25, 0.3) is 11.7 Å². The molecule has 1 amide bonds. The molecule has 0 spiro atoms. The second-order valence-corrected chi connectivity index (χ2v) is 6.91. The number of aromatic carboxylic acids is 1. The molecule has 1 aliphatic rings. The number of halogens is 1. The number of carbonyl (C=O) groups is 3. The molecule has 1 unspecified atom stereocenters. The number of carboxylic acid groups (broad SMARTS) is 1. The fraction of sp³-hybridized carbons (Fsp3) is 0.0417. The molecule has 0 radical (unpaired) electrons. The first-order chi connectivity index (χ1) is 14.9. The third kappa shape index (κ3) is 3.46. The third-order valence-corrected chi connectivity index (χ3v) is 5.06. The van der Waals surface area contributed by atoms with Crippen LogP contribution in [0, 0.1) is 5.82 Å². The monoisotopic (exact) mass is 417 g/mol. The van der Waals surface area contributed by atoms with Gasteiger partial charge in [0.2, 0.25) is 0 Å². The number of carboxylic acids is 1. The lowest BCUT2D eigenvalue weighted by Gasteiger charge is -2.26. The van der Waals surface area contributed by atoms with E-state index in [2.05, 4.69) is 0 Å². The van der Waals surface area contributed by atoms with Crippen LogP contribution in [0.2, 0.25) is 0 Å². The molecule has 4 rings (SSSR count). The van der Waals surface area contributed by atoms with Crippen molar-refractivity contribution in [3.63, 3.8) is 0 Å². The average Bonchev–Trinajstić information content (AvgIpc) is 3.04. The molecule has 1 aliphatic heterocycles. The van der Waals surface area contributed by atoms with Gasteiger partial charge in [0.05, 0.1) is 17.2 Å². The molecule has 2 N–H and O–H groups in total. The number of Topliss-reactive ketones (excluding diaryl/α,β-unsaturated/α-hetero) is 1. The van der Waals surface area contributed by atoms with Crippen molar-refractivity contribution in [3.8, 4) is 0 Å². The van der Waals surface area contributed by atoms with E-state index in [-0.39, 0.29) is 22.4 Å². The molecule has 1 saturated heterocycles. The van der Waals surface area contributed by atoms with Gasteiger partial charge in [0.1, 0.15) is 11.6 Å². The van der Waals surface area contributed by atoms with Gasteiger partial charge in [-0.3, -0.25) is 14.5 Å². The summed E-state index contributed by atoms with van der Waals surface area (Å²) < 4.78 is 14.8. The molecule has 0 aromatic heterocycles. The van der Waals surface area contributed by atoms with E-state index < -0.39 is 35.3 Å². The number of aliphatic hydroxyl groups excluding tert-OH is 1. The normalized spacial score (nSPS) is 17.7. The molecule has 0 bridgehead atoms. The zero-order valence-electron chi connectivity index (χ0n) is 16.0. The Kier molecular flexibility index (Phi) is 5.09. The van der Waals surface area contributed by atoms with E-state index in [4.69, 9.17) is 0 Å².